The SMILES string of the molecule is CCOc1ccccc1-c1nc(-c2cccc(N)c2)cc(=O)[nH]1. The van der Waals surface area contributed by atoms with Gasteiger partial charge in [-0.2, -0.15) is 0 Å². The van der Waals surface area contributed by atoms with E-state index in [-0.39, 0.29) is 5.56 Å². The Labute approximate surface area is 133 Å². The largest absolute Gasteiger partial charge is 0.493 e. The van der Waals surface area contributed by atoms with Crippen LogP contribution in [0.1, 0.15) is 6.92 Å². The molecular formula is C18H17N3O2. The van der Waals surface area contributed by atoms with E-state index in [0.717, 1.165) is 11.1 Å². The van der Waals surface area contributed by atoms with E-state index < -0.39 is 0 Å². The lowest BCUT2D eigenvalue weighted by atomic mass is 10.1. The van der Waals surface area contributed by atoms with Gasteiger partial charge in [0.25, 0.3) is 5.56 Å². The number of rotatable bonds is 4. The van der Waals surface area contributed by atoms with Gasteiger partial charge in [0.1, 0.15) is 11.6 Å². The summed E-state index contributed by atoms with van der Waals surface area (Å²) >= 11 is 0. The predicted octanol–water partition coefficient (Wildman–Crippen LogP) is 3.08. The highest BCUT2D eigenvalue weighted by Crippen LogP contribution is 2.28. The van der Waals surface area contributed by atoms with Crippen molar-refractivity contribution in [3.05, 3.63) is 65.0 Å². The van der Waals surface area contributed by atoms with E-state index in [0.29, 0.717) is 29.6 Å². The third-order valence-corrected chi connectivity index (χ3v) is 3.37. The van der Waals surface area contributed by atoms with Crippen molar-refractivity contribution >= 4 is 5.69 Å². The quantitative estimate of drug-likeness (QED) is 0.726. The van der Waals surface area contributed by atoms with E-state index in [1.165, 1.54) is 6.07 Å². The van der Waals surface area contributed by atoms with Gasteiger partial charge in [-0.25, -0.2) is 4.98 Å². The summed E-state index contributed by atoms with van der Waals surface area (Å²) in [5.74, 6) is 1.15. The number of anilines is 1. The molecule has 0 spiro atoms. The topological polar surface area (TPSA) is 81.0 Å². The molecule has 23 heavy (non-hydrogen) atoms. The fourth-order valence-corrected chi connectivity index (χ4v) is 2.37. The van der Waals surface area contributed by atoms with Gasteiger partial charge >= 0.3 is 0 Å². The molecule has 0 atom stereocenters. The van der Waals surface area contributed by atoms with Gasteiger partial charge in [-0.1, -0.05) is 24.3 Å². The molecule has 5 heteroatoms. The molecule has 116 valence electrons. The van der Waals surface area contributed by atoms with Crippen molar-refractivity contribution in [2.45, 2.75) is 6.92 Å². The fraction of sp³-hybridized carbons (Fsp3) is 0.111. The van der Waals surface area contributed by atoms with Crippen molar-refractivity contribution in [1.29, 1.82) is 0 Å². The van der Waals surface area contributed by atoms with Crippen LogP contribution in [-0.4, -0.2) is 16.6 Å². The predicted molar refractivity (Wildman–Crippen MR) is 91.3 cm³/mol. The number of hydrogen-bond acceptors (Lipinski definition) is 4. The molecule has 0 aliphatic carbocycles. The summed E-state index contributed by atoms with van der Waals surface area (Å²) in [7, 11) is 0. The van der Waals surface area contributed by atoms with E-state index in [1.54, 1.807) is 12.1 Å². The summed E-state index contributed by atoms with van der Waals surface area (Å²) in [6.45, 7) is 2.45. The summed E-state index contributed by atoms with van der Waals surface area (Å²) in [6, 6.07) is 16.2. The minimum Gasteiger partial charge on any atom is -0.493 e. The summed E-state index contributed by atoms with van der Waals surface area (Å²) in [5.41, 5.74) is 8.33. The molecule has 2 aromatic carbocycles. The van der Waals surface area contributed by atoms with Crippen LogP contribution in [0.15, 0.2) is 59.4 Å². The molecule has 3 aromatic rings. The smallest absolute Gasteiger partial charge is 0.251 e. The monoisotopic (exact) mass is 307 g/mol. The van der Waals surface area contributed by atoms with Gasteiger partial charge in [0.05, 0.1) is 17.9 Å². The third-order valence-electron chi connectivity index (χ3n) is 3.37. The van der Waals surface area contributed by atoms with Crippen LogP contribution in [-0.2, 0) is 0 Å². The molecule has 0 aliphatic heterocycles. The standard InChI is InChI=1S/C18H17N3O2/c1-2-23-16-9-4-3-8-14(16)18-20-15(11-17(22)21-18)12-6-5-7-13(19)10-12/h3-11H,2,19H2,1H3,(H,20,21,22). The minimum atomic E-state index is -0.223. The van der Waals surface area contributed by atoms with Crippen molar-refractivity contribution in [2.75, 3.05) is 12.3 Å². The fourth-order valence-electron chi connectivity index (χ4n) is 2.37. The molecule has 1 aromatic heterocycles. The summed E-state index contributed by atoms with van der Waals surface area (Å²) in [5, 5.41) is 0. The minimum absolute atomic E-state index is 0.223. The first kappa shape index (κ1) is 14.8. The number of benzene rings is 2. The average molecular weight is 307 g/mol. The van der Waals surface area contributed by atoms with Crippen molar-refractivity contribution in [3.8, 4) is 28.4 Å². The second-order valence-corrected chi connectivity index (χ2v) is 5.03. The van der Waals surface area contributed by atoms with E-state index >= 15 is 0 Å². The molecule has 0 unspecified atom stereocenters. The zero-order chi connectivity index (χ0) is 16.2. The van der Waals surface area contributed by atoms with E-state index in [2.05, 4.69) is 9.97 Å². The highest BCUT2D eigenvalue weighted by atomic mass is 16.5. The van der Waals surface area contributed by atoms with Crippen molar-refractivity contribution in [3.63, 3.8) is 0 Å². The lowest BCUT2D eigenvalue weighted by Crippen LogP contribution is -2.09. The first-order valence-electron chi connectivity index (χ1n) is 7.37. The summed E-state index contributed by atoms with van der Waals surface area (Å²) < 4.78 is 5.61. The zero-order valence-corrected chi connectivity index (χ0v) is 12.7. The van der Waals surface area contributed by atoms with Gasteiger partial charge in [-0.3, -0.25) is 4.79 Å². The number of ether oxygens (including phenoxy) is 1. The third kappa shape index (κ3) is 3.23. The Morgan fingerprint density at radius 3 is 2.74 bits per heavy atom. The van der Waals surface area contributed by atoms with Crippen LogP contribution >= 0.6 is 0 Å². The first-order chi connectivity index (χ1) is 11.2. The molecule has 3 rings (SSSR count). The lowest BCUT2D eigenvalue weighted by molar-refractivity contribution is 0.341. The van der Waals surface area contributed by atoms with Crippen molar-refractivity contribution < 1.29 is 4.74 Å². The van der Waals surface area contributed by atoms with Crippen LogP contribution in [0, 0.1) is 0 Å². The lowest BCUT2D eigenvalue weighted by Gasteiger charge is -2.10. The molecule has 5 nitrogen and oxygen atoms in total. The summed E-state index contributed by atoms with van der Waals surface area (Å²) in [4.78, 5) is 19.4. The second kappa shape index (κ2) is 6.36. The number of nitrogens with one attached hydrogen (secondary N) is 1. The average Bonchev–Trinajstić information content (AvgIpc) is 2.55. The normalized spacial score (nSPS) is 10.5. The molecule has 0 saturated heterocycles. The zero-order valence-electron chi connectivity index (χ0n) is 12.7. The van der Waals surface area contributed by atoms with Crippen LogP contribution in [0.4, 0.5) is 5.69 Å². The van der Waals surface area contributed by atoms with Crippen LogP contribution in [0.5, 0.6) is 5.75 Å². The number of H-pyrrole nitrogens is 1. The number of aromatic nitrogens is 2. The summed E-state index contributed by atoms with van der Waals surface area (Å²) in [6.07, 6.45) is 0. The van der Waals surface area contributed by atoms with Gasteiger partial charge in [0, 0.05) is 17.3 Å². The van der Waals surface area contributed by atoms with Crippen LogP contribution in [0.25, 0.3) is 22.6 Å². The molecule has 0 radical (unpaired) electrons. The molecule has 3 N–H and O–H groups in total. The Morgan fingerprint density at radius 2 is 1.96 bits per heavy atom. The van der Waals surface area contributed by atoms with Crippen molar-refractivity contribution in [1.82, 2.24) is 9.97 Å². The van der Waals surface area contributed by atoms with E-state index in [4.69, 9.17) is 10.5 Å². The van der Waals surface area contributed by atoms with Gasteiger partial charge in [0.2, 0.25) is 0 Å². The maximum Gasteiger partial charge on any atom is 0.251 e. The maximum atomic E-state index is 12.0. The van der Waals surface area contributed by atoms with Gasteiger partial charge in [-0.15, -0.1) is 0 Å². The van der Waals surface area contributed by atoms with Gasteiger partial charge < -0.3 is 15.5 Å². The number of nitrogen functional groups attached to an aromatic ring is 1. The molecule has 0 amide bonds. The molecule has 1 heterocycles. The first-order valence-corrected chi connectivity index (χ1v) is 7.37. The Morgan fingerprint density at radius 1 is 1.13 bits per heavy atom. The van der Waals surface area contributed by atoms with Gasteiger partial charge in [-0.05, 0) is 31.2 Å². The Hall–Kier alpha value is -3.08. The van der Waals surface area contributed by atoms with E-state index in [9.17, 15) is 4.79 Å². The molecule has 0 aliphatic rings. The number of aromatic amines is 1. The molecule has 0 fully saturated rings. The molecule has 0 bridgehead atoms. The number of para-hydroxylation sites is 1. The highest BCUT2D eigenvalue weighted by molar-refractivity contribution is 5.69. The molecule has 0 saturated carbocycles. The maximum absolute atomic E-state index is 12.0. The Bertz CT molecular complexity index is 887. The second-order valence-electron chi connectivity index (χ2n) is 5.03. The number of nitrogens with two attached hydrogens (primary N) is 1. The molecular weight excluding hydrogens is 290 g/mol. The number of hydrogen-bond donors (Lipinski definition) is 2. The van der Waals surface area contributed by atoms with Crippen LogP contribution in [0.2, 0.25) is 0 Å². The highest BCUT2D eigenvalue weighted by Gasteiger charge is 2.10. The van der Waals surface area contributed by atoms with Crippen LogP contribution < -0.4 is 16.0 Å². The van der Waals surface area contributed by atoms with Crippen LogP contribution in [0.3, 0.4) is 0 Å². The Balaban J connectivity index is 2.14. The van der Waals surface area contributed by atoms with Crippen molar-refractivity contribution in [2.24, 2.45) is 0 Å². The Kier molecular flexibility index (Phi) is 4.10. The number of nitrogens with zero attached hydrogens (tertiary/aromatic N) is 1. The van der Waals surface area contributed by atoms with Gasteiger partial charge in [0.15, 0.2) is 0 Å². The van der Waals surface area contributed by atoms with E-state index in [1.807, 2.05) is 43.3 Å².